The van der Waals surface area contributed by atoms with Gasteiger partial charge in [-0.05, 0) is 43.2 Å². The van der Waals surface area contributed by atoms with Crippen LogP contribution in [0.25, 0.3) is 16.9 Å². The smallest absolute Gasteiger partial charge is 0.212 e. The summed E-state index contributed by atoms with van der Waals surface area (Å²) in [5.41, 5.74) is 4.05. The Balaban J connectivity index is 1.08. The maximum atomic E-state index is 5.97. The van der Waals surface area contributed by atoms with Crippen molar-refractivity contribution in [3.8, 4) is 17.0 Å². The first-order valence-electron chi connectivity index (χ1n) is 14.0. The molecule has 5 aromatic rings. The number of nitrogens with one attached hydrogen (secondary N) is 1. The number of likely N-dealkylation sites (tertiary alicyclic amines) is 1. The zero-order valence-corrected chi connectivity index (χ0v) is 22.6. The number of rotatable bonds is 9. The summed E-state index contributed by atoms with van der Waals surface area (Å²) in [6.45, 7) is 5.76. The molecule has 2 aliphatic rings. The molecule has 3 aromatic heterocycles. The molecule has 0 amide bonds. The van der Waals surface area contributed by atoms with Crippen LogP contribution in [0.3, 0.4) is 0 Å². The summed E-state index contributed by atoms with van der Waals surface area (Å²) >= 11 is 0. The number of ether oxygens (including phenoxy) is 1. The Labute approximate surface area is 234 Å². The zero-order chi connectivity index (χ0) is 26.9. The lowest BCUT2D eigenvalue weighted by Gasteiger charge is -2.35. The van der Waals surface area contributed by atoms with Crippen LogP contribution in [0.1, 0.15) is 24.9 Å². The van der Waals surface area contributed by atoms with E-state index in [4.69, 9.17) is 9.72 Å². The zero-order valence-electron chi connectivity index (χ0n) is 22.6. The number of nitrogens with zero attached hydrogens (tertiary/aromatic N) is 6. The fraction of sp³-hybridized carbons (Fsp3) is 0.281. The second-order valence-corrected chi connectivity index (χ2v) is 10.7. The largest absolute Gasteiger partial charge is 0.492 e. The summed E-state index contributed by atoms with van der Waals surface area (Å²) in [5, 5.41) is 3.54. The van der Waals surface area contributed by atoms with E-state index in [-0.39, 0.29) is 6.04 Å². The van der Waals surface area contributed by atoms with Crippen molar-refractivity contribution >= 4 is 17.4 Å². The van der Waals surface area contributed by atoms with Crippen molar-refractivity contribution in [1.82, 2.24) is 24.3 Å². The lowest BCUT2D eigenvalue weighted by atomic mass is 10.1. The molecule has 2 bridgehead atoms. The van der Waals surface area contributed by atoms with Gasteiger partial charge in [0, 0.05) is 68.0 Å². The predicted octanol–water partition coefficient (Wildman–Crippen LogP) is 5.31. The fourth-order valence-corrected chi connectivity index (χ4v) is 6.04. The van der Waals surface area contributed by atoms with Gasteiger partial charge in [0.25, 0.3) is 0 Å². The van der Waals surface area contributed by atoms with Gasteiger partial charge >= 0.3 is 0 Å². The minimum Gasteiger partial charge on any atom is -0.492 e. The van der Waals surface area contributed by atoms with Crippen LogP contribution in [0.4, 0.5) is 11.8 Å². The first-order valence-corrected chi connectivity index (χ1v) is 14.0. The molecule has 3 atom stereocenters. The minimum absolute atomic E-state index is 0.142. The van der Waals surface area contributed by atoms with Gasteiger partial charge in [0.2, 0.25) is 5.95 Å². The van der Waals surface area contributed by atoms with Crippen molar-refractivity contribution in [2.24, 2.45) is 0 Å². The number of para-hydroxylation sites is 1. The Hall–Kier alpha value is -4.43. The molecule has 2 unspecified atom stereocenters. The second-order valence-electron chi connectivity index (χ2n) is 10.7. The number of imidazole rings is 1. The highest BCUT2D eigenvalue weighted by Gasteiger charge is 2.44. The molecule has 8 nitrogen and oxygen atoms in total. The van der Waals surface area contributed by atoms with Crippen LogP contribution in [-0.4, -0.2) is 62.6 Å². The Kier molecular flexibility index (Phi) is 6.53. The molecule has 2 fully saturated rings. The van der Waals surface area contributed by atoms with Crippen LogP contribution in [0.15, 0.2) is 97.5 Å². The monoisotopic (exact) mass is 531 g/mol. The number of benzene rings is 2. The summed E-state index contributed by atoms with van der Waals surface area (Å²) in [6.07, 6.45) is 6.86. The molecule has 2 saturated heterocycles. The van der Waals surface area contributed by atoms with Gasteiger partial charge in [0.05, 0.1) is 5.69 Å². The van der Waals surface area contributed by atoms with E-state index in [1.807, 2.05) is 61.1 Å². The molecule has 1 N–H and O–H groups in total. The molecular formula is C32H33N7O. The Morgan fingerprint density at radius 1 is 0.925 bits per heavy atom. The Morgan fingerprint density at radius 3 is 2.55 bits per heavy atom. The molecule has 2 aromatic carbocycles. The van der Waals surface area contributed by atoms with Crippen LogP contribution in [-0.2, 0) is 0 Å². The van der Waals surface area contributed by atoms with Crippen LogP contribution < -0.4 is 15.0 Å². The van der Waals surface area contributed by atoms with Gasteiger partial charge in [-0.15, -0.1) is 0 Å². The molecular weight excluding hydrogens is 498 g/mol. The van der Waals surface area contributed by atoms with Crippen LogP contribution in [0.5, 0.6) is 5.75 Å². The van der Waals surface area contributed by atoms with Crippen molar-refractivity contribution in [3.63, 3.8) is 0 Å². The van der Waals surface area contributed by atoms with E-state index >= 15 is 0 Å². The maximum Gasteiger partial charge on any atom is 0.212 e. The highest BCUT2D eigenvalue weighted by Crippen LogP contribution is 2.35. The maximum absolute atomic E-state index is 5.97. The predicted molar refractivity (Wildman–Crippen MR) is 158 cm³/mol. The van der Waals surface area contributed by atoms with Gasteiger partial charge in [0.15, 0.2) is 0 Å². The van der Waals surface area contributed by atoms with Crippen molar-refractivity contribution in [2.75, 3.05) is 36.5 Å². The molecule has 0 spiro atoms. The number of hydrogen-bond donors (Lipinski definition) is 1. The fourth-order valence-electron chi connectivity index (χ4n) is 6.04. The second kappa shape index (κ2) is 10.6. The van der Waals surface area contributed by atoms with Gasteiger partial charge in [-0.3, -0.25) is 9.30 Å². The van der Waals surface area contributed by atoms with Gasteiger partial charge in [0.1, 0.15) is 23.8 Å². The van der Waals surface area contributed by atoms with Gasteiger partial charge in [-0.1, -0.05) is 48.5 Å². The summed E-state index contributed by atoms with van der Waals surface area (Å²) in [4.78, 5) is 19.4. The first-order chi connectivity index (χ1) is 19.7. The van der Waals surface area contributed by atoms with Crippen LogP contribution in [0, 0.1) is 0 Å². The topological polar surface area (TPSA) is 70.8 Å². The normalized spacial score (nSPS) is 19.3. The average molecular weight is 532 g/mol. The average Bonchev–Trinajstić information content (AvgIpc) is 3.74. The number of fused-ring (bicyclic) bond motifs is 3. The molecule has 202 valence electrons. The summed E-state index contributed by atoms with van der Waals surface area (Å²) in [6, 6.07) is 27.7. The lowest BCUT2D eigenvalue weighted by molar-refractivity contribution is 0.187. The SMILES string of the molecule is C[C@H](Nc1cc(-c2cc3nccn3c(N3CC4CC3CN4CCOc3ccccc3)n2)ccn1)c1ccccc1. The van der Waals surface area contributed by atoms with E-state index in [9.17, 15) is 0 Å². The molecule has 40 heavy (non-hydrogen) atoms. The molecule has 0 aliphatic carbocycles. The molecule has 0 saturated carbocycles. The van der Waals surface area contributed by atoms with E-state index in [1.165, 1.54) is 5.56 Å². The quantitative estimate of drug-likeness (QED) is 0.277. The van der Waals surface area contributed by atoms with E-state index in [2.05, 4.69) is 72.8 Å². The molecule has 2 aliphatic heterocycles. The number of hydrogen-bond acceptors (Lipinski definition) is 7. The minimum atomic E-state index is 0.142. The van der Waals surface area contributed by atoms with E-state index in [0.717, 1.165) is 60.5 Å². The number of anilines is 2. The lowest BCUT2D eigenvalue weighted by Crippen LogP contribution is -2.48. The standard InChI is InChI=1S/C32H33N7O/c1-23(24-8-4-2-5-9-24)35-30-18-25(12-13-33-30)29-20-31-34-14-15-38(31)32(36-29)39-22-26-19-27(39)21-37(26)16-17-40-28-10-6-3-7-11-28/h2-15,18,20,23,26-27H,16-17,19,21-22H2,1H3,(H,33,35)/t23-,26?,27?/m0/s1. The highest BCUT2D eigenvalue weighted by atomic mass is 16.5. The number of pyridine rings is 1. The van der Waals surface area contributed by atoms with Gasteiger partial charge in [-0.2, -0.15) is 0 Å². The van der Waals surface area contributed by atoms with Gasteiger partial charge in [-0.25, -0.2) is 15.0 Å². The molecule has 5 heterocycles. The third-order valence-electron chi connectivity index (χ3n) is 8.09. The van der Waals surface area contributed by atoms with Crippen molar-refractivity contribution in [3.05, 3.63) is 103 Å². The summed E-state index contributed by atoms with van der Waals surface area (Å²) in [7, 11) is 0. The van der Waals surface area contributed by atoms with Crippen molar-refractivity contribution in [1.29, 1.82) is 0 Å². The number of aromatic nitrogens is 4. The van der Waals surface area contributed by atoms with E-state index in [1.54, 1.807) is 0 Å². The Bertz CT molecular complexity index is 1590. The van der Waals surface area contributed by atoms with Crippen molar-refractivity contribution in [2.45, 2.75) is 31.5 Å². The number of piperazine rings is 1. The summed E-state index contributed by atoms with van der Waals surface area (Å²) < 4.78 is 8.08. The van der Waals surface area contributed by atoms with E-state index in [0.29, 0.717) is 18.7 Å². The van der Waals surface area contributed by atoms with Crippen LogP contribution in [0.2, 0.25) is 0 Å². The molecule has 0 radical (unpaired) electrons. The Morgan fingerprint density at radius 2 is 1.75 bits per heavy atom. The van der Waals surface area contributed by atoms with Crippen molar-refractivity contribution < 1.29 is 4.74 Å². The third-order valence-corrected chi connectivity index (χ3v) is 8.09. The van der Waals surface area contributed by atoms with Gasteiger partial charge < -0.3 is 15.0 Å². The molecule has 8 heteroatoms. The van der Waals surface area contributed by atoms with Crippen LogP contribution >= 0.6 is 0 Å². The first kappa shape index (κ1) is 24.6. The third kappa shape index (κ3) is 4.86. The highest BCUT2D eigenvalue weighted by molar-refractivity contribution is 5.68. The summed E-state index contributed by atoms with van der Waals surface area (Å²) in [5.74, 6) is 2.72. The van der Waals surface area contributed by atoms with E-state index < -0.39 is 0 Å². The molecule has 7 rings (SSSR count).